The summed E-state index contributed by atoms with van der Waals surface area (Å²) in [5.41, 5.74) is 0. The van der Waals surface area contributed by atoms with Gasteiger partial charge in [-0.1, -0.05) is 19.7 Å². The van der Waals surface area contributed by atoms with Gasteiger partial charge in [0.2, 0.25) is 0 Å². The van der Waals surface area contributed by atoms with E-state index in [2.05, 4.69) is 33.0 Å². The van der Waals surface area contributed by atoms with Crippen LogP contribution in [0.2, 0.25) is 0 Å². The van der Waals surface area contributed by atoms with Crippen molar-refractivity contribution >= 4 is 9.05 Å². The van der Waals surface area contributed by atoms with E-state index in [1.54, 1.807) is 0 Å². The molecular weight excluding hydrogens is 164 g/mol. The fourth-order valence-electron chi connectivity index (χ4n) is 0.399. The molecule has 0 radical (unpaired) electrons. The van der Waals surface area contributed by atoms with E-state index in [0.29, 0.717) is 0 Å². The molecule has 0 saturated carbocycles. The van der Waals surface area contributed by atoms with Crippen molar-refractivity contribution in [2.24, 2.45) is 0 Å². The molecule has 0 spiro atoms. The number of rotatable bonds is 6. The van der Waals surface area contributed by atoms with Crippen LogP contribution >= 0.6 is 0 Å². The van der Waals surface area contributed by atoms with Gasteiger partial charge in [0.05, 0.1) is 18.8 Å². The molecular formula is C6H10O4Si. The molecule has 1 N–H and O–H groups in total. The van der Waals surface area contributed by atoms with Gasteiger partial charge in [0.15, 0.2) is 0 Å². The average Bonchev–Trinajstić information content (AvgIpc) is 1.88. The highest BCUT2D eigenvalue weighted by Gasteiger charge is 2.46. The van der Waals surface area contributed by atoms with Crippen LogP contribution in [0.3, 0.4) is 0 Å². The third-order valence-electron chi connectivity index (χ3n) is 0.697. The van der Waals surface area contributed by atoms with Crippen molar-refractivity contribution in [3.63, 3.8) is 0 Å². The quantitative estimate of drug-likeness (QED) is 0.480. The lowest BCUT2D eigenvalue weighted by atomic mass is 11.2. The highest BCUT2D eigenvalue weighted by Crippen LogP contribution is 2.05. The number of hydrogen-bond acceptors (Lipinski definition) is 4. The molecule has 0 aliphatic heterocycles. The van der Waals surface area contributed by atoms with Crippen molar-refractivity contribution < 1.29 is 18.1 Å². The summed E-state index contributed by atoms with van der Waals surface area (Å²) in [5.74, 6) is 0. The largest absolute Gasteiger partial charge is 0.889 e. The van der Waals surface area contributed by atoms with Gasteiger partial charge < -0.3 is 18.1 Å². The third-order valence-corrected chi connectivity index (χ3v) is 2.09. The maximum atomic E-state index is 9.27. The van der Waals surface area contributed by atoms with Crippen LogP contribution in [0.25, 0.3) is 0 Å². The Balaban J connectivity index is 4.09. The van der Waals surface area contributed by atoms with Crippen LogP contribution in [0, 0.1) is 0 Å². The van der Waals surface area contributed by atoms with E-state index >= 15 is 0 Å². The topological polar surface area (TPSA) is 47.9 Å². The highest BCUT2D eigenvalue weighted by molar-refractivity contribution is 6.52. The van der Waals surface area contributed by atoms with Crippen LogP contribution in [-0.2, 0) is 13.3 Å². The fourth-order valence-corrected chi connectivity index (χ4v) is 1.20. The van der Waals surface area contributed by atoms with Gasteiger partial charge in [0.25, 0.3) is 0 Å². The molecule has 0 aliphatic rings. The molecule has 11 heavy (non-hydrogen) atoms. The molecule has 0 atom stereocenters. The van der Waals surface area contributed by atoms with Gasteiger partial charge in [0, 0.05) is 0 Å². The van der Waals surface area contributed by atoms with Crippen LogP contribution in [0.15, 0.2) is 38.5 Å². The zero-order valence-electron chi connectivity index (χ0n) is 6.03. The van der Waals surface area contributed by atoms with Crippen LogP contribution in [0.4, 0.5) is 0 Å². The average molecular weight is 174 g/mol. The molecule has 0 unspecified atom stereocenters. The lowest BCUT2D eigenvalue weighted by Gasteiger charge is -2.16. The Morgan fingerprint density at radius 3 is 1.36 bits per heavy atom. The van der Waals surface area contributed by atoms with E-state index in [4.69, 9.17) is 0 Å². The van der Waals surface area contributed by atoms with Gasteiger partial charge in [-0.05, 0) is 0 Å². The summed E-state index contributed by atoms with van der Waals surface area (Å²) in [5, 5.41) is 0. The van der Waals surface area contributed by atoms with Crippen molar-refractivity contribution in [2.75, 3.05) is 0 Å². The second-order valence-corrected chi connectivity index (χ2v) is 3.13. The lowest BCUT2D eigenvalue weighted by molar-refractivity contribution is 0.0870. The molecule has 0 fully saturated rings. The Kier molecular flexibility index (Phi) is 4.09. The molecule has 0 bridgehead atoms. The van der Waals surface area contributed by atoms with Gasteiger partial charge in [0.1, 0.15) is 0 Å². The first-order valence-electron chi connectivity index (χ1n) is 2.77. The SMILES string of the molecule is C=CO[Si](O)(OC=C)OC=C. The first-order valence-corrected chi connectivity index (χ1v) is 4.44. The summed E-state index contributed by atoms with van der Waals surface area (Å²) in [4.78, 5) is 9.27. The highest BCUT2D eigenvalue weighted by atomic mass is 28.4. The summed E-state index contributed by atoms with van der Waals surface area (Å²) < 4.78 is 13.7. The van der Waals surface area contributed by atoms with Gasteiger partial charge >= 0.3 is 9.05 Å². The Labute approximate surface area is 66.5 Å². The van der Waals surface area contributed by atoms with Crippen molar-refractivity contribution in [3.8, 4) is 0 Å². The van der Waals surface area contributed by atoms with E-state index < -0.39 is 9.05 Å². The summed E-state index contributed by atoms with van der Waals surface area (Å²) in [6, 6.07) is 0. The minimum absolute atomic E-state index is 1.03. The van der Waals surface area contributed by atoms with Crippen molar-refractivity contribution in [1.29, 1.82) is 0 Å². The molecule has 0 aromatic heterocycles. The first kappa shape index (κ1) is 9.80. The molecule has 0 aliphatic carbocycles. The molecule has 4 nitrogen and oxygen atoms in total. The zero-order valence-corrected chi connectivity index (χ0v) is 7.03. The molecule has 0 heterocycles. The second-order valence-electron chi connectivity index (χ2n) is 1.38. The predicted molar refractivity (Wildman–Crippen MR) is 41.8 cm³/mol. The monoisotopic (exact) mass is 174 g/mol. The van der Waals surface area contributed by atoms with Crippen LogP contribution < -0.4 is 0 Å². The van der Waals surface area contributed by atoms with Crippen LogP contribution in [0.5, 0.6) is 0 Å². The summed E-state index contributed by atoms with van der Waals surface area (Å²) >= 11 is 0. The minimum Gasteiger partial charge on any atom is -0.469 e. The summed E-state index contributed by atoms with van der Waals surface area (Å²) in [6.45, 7) is 9.70. The Morgan fingerprint density at radius 2 is 1.18 bits per heavy atom. The van der Waals surface area contributed by atoms with Crippen molar-refractivity contribution in [2.45, 2.75) is 0 Å². The summed E-state index contributed by atoms with van der Waals surface area (Å²) in [6.07, 6.45) is 3.08. The second kappa shape index (κ2) is 4.59. The standard InChI is InChI=1S/C6H10O4Si/c1-4-8-11(7,9-5-2)10-6-3/h4-7H,1-3H2. The summed E-state index contributed by atoms with van der Waals surface area (Å²) in [7, 11) is -3.60. The minimum atomic E-state index is -3.60. The van der Waals surface area contributed by atoms with Gasteiger partial charge in [-0.15, -0.1) is 0 Å². The van der Waals surface area contributed by atoms with Crippen LogP contribution in [0.1, 0.15) is 0 Å². The lowest BCUT2D eigenvalue weighted by Crippen LogP contribution is -2.41. The van der Waals surface area contributed by atoms with E-state index in [0.717, 1.165) is 18.8 Å². The number of hydrogen-bond donors (Lipinski definition) is 1. The Hall–Kier alpha value is -1.20. The molecule has 0 amide bonds. The normalized spacial score (nSPS) is 9.55. The van der Waals surface area contributed by atoms with Crippen molar-refractivity contribution in [3.05, 3.63) is 38.5 Å². The third kappa shape index (κ3) is 3.49. The molecule has 0 aromatic carbocycles. The Morgan fingerprint density at radius 1 is 0.909 bits per heavy atom. The van der Waals surface area contributed by atoms with E-state index in [-0.39, 0.29) is 0 Å². The zero-order chi connectivity index (χ0) is 8.74. The van der Waals surface area contributed by atoms with Gasteiger partial charge in [-0.25, -0.2) is 0 Å². The van der Waals surface area contributed by atoms with E-state index in [1.165, 1.54) is 0 Å². The smallest absolute Gasteiger partial charge is 0.469 e. The molecule has 5 heteroatoms. The van der Waals surface area contributed by atoms with E-state index in [9.17, 15) is 4.80 Å². The molecule has 0 aromatic rings. The van der Waals surface area contributed by atoms with Gasteiger partial charge in [-0.3, -0.25) is 0 Å². The molecule has 0 saturated heterocycles. The first-order chi connectivity index (χ1) is 5.18. The molecule has 62 valence electrons. The molecule has 0 rings (SSSR count). The maximum absolute atomic E-state index is 9.27. The van der Waals surface area contributed by atoms with Crippen LogP contribution in [-0.4, -0.2) is 13.8 Å². The van der Waals surface area contributed by atoms with E-state index in [1.807, 2.05) is 0 Å². The van der Waals surface area contributed by atoms with Crippen molar-refractivity contribution in [1.82, 2.24) is 0 Å². The fraction of sp³-hybridized carbons (Fsp3) is 0. The predicted octanol–water partition coefficient (Wildman–Crippen LogP) is 0.895. The van der Waals surface area contributed by atoms with Gasteiger partial charge in [-0.2, -0.15) is 0 Å². The Bertz CT molecular complexity index is 130. The maximum Gasteiger partial charge on any atom is 0.889 e.